The number of nitrogens with one attached hydrogen (secondary N) is 1. The van der Waals surface area contributed by atoms with E-state index in [2.05, 4.69) is 22.0 Å². The van der Waals surface area contributed by atoms with Crippen LogP contribution in [0.1, 0.15) is 43.0 Å². The molecule has 1 aromatic heterocycles. The number of benzene rings is 1. The van der Waals surface area contributed by atoms with Crippen molar-refractivity contribution in [1.29, 1.82) is 0 Å². The number of rotatable bonds is 7. The summed E-state index contributed by atoms with van der Waals surface area (Å²) in [7, 11) is 0. The molecule has 0 saturated heterocycles. The Bertz CT molecular complexity index is 585. The maximum Gasteiger partial charge on any atom is 0.123 e. The van der Waals surface area contributed by atoms with Crippen LogP contribution >= 0.6 is 0 Å². The predicted molar refractivity (Wildman–Crippen MR) is 81.6 cm³/mol. The van der Waals surface area contributed by atoms with Gasteiger partial charge < -0.3 is 5.32 Å². The summed E-state index contributed by atoms with van der Waals surface area (Å²) in [4.78, 5) is 0. The first kappa shape index (κ1) is 14.3. The van der Waals surface area contributed by atoms with Crippen LogP contribution in [0.3, 0.4) is 0 Å². The second-order valence-electron chi connectivity index (χ2n) is 5.81. The molecule has 1 N–H and O–H groups in total. The van der Waals surface area contributed by atoms with Crippen LogP contribution in [0, 0.1) is 5.82 Å². The van der Waals surface area contributed by atoms with Gasteiger partial charge in [0.25, 0.3) is 0 Å². The molecule has 3 nitrogen and oxygen atoms in total. The van der Waals surface area contributed by atoms with Crippen molar-refractivity contribution in [3.63, 3.8) is 0 Å². The predicted octanol–water partition coefficient (Wildman–Crippen LogP) is 3.28. The Hall–Kier alpha value is -1.68. The molecule has 21 heavy (non-hydrogen) atoms. The van der Waals surface area contributed by atoms with E-state index in [0.717, 1.165) is 24.9 Å². The van der Waals surface area contributed by atoms with Crippen molar-refractivity contribution in [2.24, 2.45) is 0 Å². The summed E-state index contributed by atoms with van der Waals surface area (Å²) in [6, 6.07) is 7.38. The van der Waals surface area contributed by atoms with Gasteiger partial charge in [0, 0.05) is 23.8 Å². The summed E-state index contributed by atoms with van der Waals surface area (Å²) < 4.78 is 15.0. The smallest absolute Gasteiger partial charge is 0.123 e. The first-order chi connectivity index (χ1) is 10.3. The van der Waals surface area contributed by atoms with Gasteiger partial charge in [-0.25, -0.2) is 4.39 Å². The minimum absolute atomic E-state index is 0.192. The van der Waals surface area contributed by atoms with Crippen molar-refractivity contribution in [2.75, 3.05) is 0 Å². The molecule has 1 fully saturated rings. The molecule has 0 bridgehead atoms. The van der Waals surface area contributed by atoms with E-state index in [9.17, 15) is 4.39 Å². The number of hydrogen-bond donors (Lipinski definition) is 1. The SMILES string of the molecule is CCCc1c(CNC2CC2)cnn1Cc1ccc(F)cc1. The summed E-state index contributed by atoms with van der Waals surface area (Å²) in [5.74, 6) is -0.192. The Morgan fingerprint density at radius 3 is 2.71 bits per heavy atom. The molecule has 0 spiro atoms. The van der Waals surface area contributed by atoms with E-state index in [4.69, 9.17) is 0 Å². The molecule has 1 heterocycles. The summed E-state index contributed by atoms with van der Waals surface area (Å²) in [6.45, 7) is 3.80. The summed E-state index contributed by atoms with van der Waals surface area (Å²) >= 11 is 0. The standard InChI is InChI=1S/C17H22FN3/c1-2-3-17-14(10-19-16-8-9-16)11-20-21(17)12-13-4-6-15(18)7-5-13/h4-7,11,16,19H,2-3,8-10,12H2,1H3. The number of aromatic nitrogens is 2. The highest BCUT2D eigenvalue weighted by Crippen LogP contribution is 2.20. The lowest BCUT2D eigenvalue weighted by atomic mass is 10.1. The molecular weight excluding hydrogens is 265 g/mol. The fraction of sp³-hybridized carbons (Fsp3) is 0.471. The Morgan fingerprint density at radius 2 is 2.05 bits per heavy atom. The minimum atomic E-state index is -0.192. The van der Waals surface area contributed by atoms with Crippen molar-refractivity contribution >= 4 is 0 Å². The molecule has 112 valence electrons. The highest BCUT2D eigenvalue weighted by atomic mass is 19.1. The first-order valence-corrected chi connectivity index (χ1v) is 7.77. The largest absolute Gasteiger partial charge is 0.310 e. The molecule has 4 heteroatoms. The van der Waals surface area contributed by atoms with Crippen LogP contribution in [0.2, 0.25) is 0 Å². The zero-order valence-corrected chi connectivity index (χ0v) is 12.5. The van der Waals surface area contributed by atoms with Crippen molar-refractivity contribution < 1.29 is 4.39 Å². The van der Waals surface area contributed by atoms with Gasteiger partial charge in [0.2, 0.25) is 0 Å². The van der Waals surface area contributed by atoms with Gasteiger partial charge in [-0.1, -0.05) is 25.5 Å². The molecule has 1 aliphatic rings. The van der Waals surface area contributed by atoms with Gasteiger partial charge in [0.15, 0.2) is 0 Å². The van der Waals surface area contributed by atoms with E-state index >= 15 is 0 Å². The summed E-state index contributed by atoms with van der Waals surface area (Å²) in [5.41, 5.74) is 3.68. The van der Waals surface area contributed by atoms with E-state index < -0.39 is 0 Å². The maximum absolute atomic E-state index is 13.0. The Labute approximate surface area is 125 Å². The third-order valence-corrected chi connectivity index (χ3v) is 3.93. The van der Waals surface area contributed by atoms with Crippen LogP contribution < -0.4 is 5.32 Å². The third-order valence-electron chi connectivity index (χ3n) is 3.93. The number of halogens is 1. The molecule has 0 atom stereocenters. The molecule has 0 radical (unpaired) electrons. The second-order valence-corrected chi connectivity index (χ2v) is 5.81. The van der Waals surface area contributed by atoms with Crippen molar-refractivity contribution in [3.05, 3.63) is 53.1 Å². The Kier molecular flexibility index (Phi) is 4.34. The highest BCUT2D eigenvalue weighted by Gasteiger charge is 2.21. The first-order valence-electron chi connectivity index (χ1n) is 7.77. The topological polar surface area (TPSA) is 29.9 Å². The van der Waals surface area contributed by atoms with Gasteiger partial charge in [-0.05, 0) is 37.0 Å². The van der Waals surface area contributed by atoms with E-state index in [1.54, 1.807) is 0 Å². The normalized spacial score (nSPS) is 14.6. The Morgan fingerprint density at radius 1 is 1.29 bits per heavy atom. The third kappa shape index (κ3) is 3.70. The molecule has 1 saturated carbocycles. The molecule has 1 aliphatic carbocycles. The fourth-order valence-electron chi connectivity index (χ4n) is 2.56. The molecule has 0 aliphatic heterocycles. The highest BCUT2D eigenvalue weighted by molar-refractivity contribution is 5.22. The van der Waals surface area contributed by atoms with Crippen LogP contribution in [-0.2, 0) is 19.5 Å². The van der Waals surface area contributed by atoms with Crippen molar-refractivity contribution in [1.82, 2.24) is 15.1 Å². The van der Waals surface area contributed by atoms with Gasteiger partial charge >= 0.3 is 0 Å². The molecule has 0 amide bonds. The van der Waals surface area contributed by atoms with Crippen LogP contribution in [0.15, 0.2) is 30.5 Å². The van der Waals surface area contributed by atoms with Gasteiger partial charge in [0.1, 0.15) is 5.82 Å². The average Bonchev–Trinajstić information content (AvgIpc) is 3.24. The van der Waals surface area contributed by atoms with Gasteiger partial charge in [-0.3, -0.25) is 4.68 Å². The van der Waals surface area contributed by atoms with Crippen LogP contribution in [-0.4, -0.2) is 15.8 Å². The molecular formula is C17H22FN3. The van der Waals surface area contributed by atoms with Gasteiger partial charge in [-0.2, -0.15) is 5.10 Å². The second kappa shape index (κ2) is 6.39. The van der Waals surface area contributed by atoms with Crippen molar-refractivity contribution in [3.8, 4) is 0 Å². The van der Waals surface area contributed by atoms with E-state index in [0.29, 0.717) is 12.6 Å². The number of nitrogens with zero attached hydrogens (tertiary/aromatic N) is 2. The van der Waals surface area contributed by atoms with E-state index in [1.165, 1.54) is 36.2 Å². The summed E-state index contributed by atoms with van der Waals surface area (Å²) in [6.07, 6.45) is 6.71. The fourth-order valence-corrected chi connectivity index (χ4v) is 2.56. The lowest BCUT2D eigenvalue weighted by molar-refractivity contribution is 0.615. The average molecular weight is 287 g/mol. The zero-order chi connectivity index (χ0) is 14.7. The van der Waals surface area contributed by atoms with Crippen molar-refractivity contribution in [2.45, 2.75) is 51.7 Å². The van der Waals surface area contributed by atoms with Crippen LogP contribution in [0.5, 0.6) is 0 Å². The van der Waals surface area contributed by atoms with Crippen LogP contribution in [0.25, 0.3) is 0 Å². The molecule has 2 aromatic rings. The lowest BCUT2D eigenvalue weighted by Crippen LogP contribution is -2.16. The quantitative estimate of drug-likeness (QED) is 0.847. The molecule has 3 rings (SSSR count). The Balaban J connectivity index is 1.74. The van der Waals surface area contributed by atoms with Gasteiger partial charge in [-0.15, -0.1) is 0 Å². The summed E-state index contributed by atoms with van der Waals surface area (Å²) in [5, 5.41) is 8.09. The van der Waals surface area contributed by atoms with Gasteiger partial charge in [0.05, 0.1) is 12.7 Å². The number of hydrogen-bond acceptors (Lipinski definition) is 2. The minimum Gasteiger partial charge on any atom is -0.310 e. The van der Waals surface area contributed by atoms with Crippen LogP contribution in [0.4, 0.5) is 4.39 Å². The zero-order valence-electron chi connectivity index (χ0n) is 12.5. The lowest BCUT2D eigenvalue weighted by Gasteiger charge is -2.10. The molecule has 1 aromatic carbocycles. The van der Waals surface area contributed by atoms with E-state index in [-0.39, 0.29) is 5.82 Å². The molecule has 0 unspecified atom stereocenters. The monoisotopic (exact) mass is 287 g/mol. The maximum atomic E-state index is 13.0. The van der Waals surface area contributed by atoms with E-state index in [1.807, 2.05) is 18.3 Å².